The third-order valence-electron chi connectivity index (χ3n) is 3.19. The highest BCUT2D eigenvalue weighted by molar-refractivity contribution is 5.87. The third kappa shape index (κ3) is 2.34. The maximum atomic E-state index is 13.0. The first kappa shape index (κ1) is 14.2. The number of nitrogens with two attached hydrogens (primary N) is 1. The molecular weight excluding hydrogens is 297 g/mol. The van der Waals surface area contributed by atoms with E-state index in [0.29, 0.717) is 16.9 Å². The lowest BCUT2D eigenvalue weighted by Gasteiger charge is -2.04. The SMILES string of the molecule is N#CC(C#N)=C(N)c1ncnc2c1ncn2-c1ccc(F)cc1. The van der Waals surface area contributed by atoms with E-state index in [2.05, 4.69) is 15.0 Å². The lowest BCUT2D eigenvalue weighted by atomic mass is 10.2. The number of nitrogens with zero attached hydrogens (tertiary/aromatic N) is 6. The van der Waals surface area contributed by atoms with Crippen molar-refractivity contribution >= 4 is 16.9 Å². The first-order valence-corrected chi connectivity index (χ1v) is 6.40. The van der Waals surface area contributed by atoms with Crippen LogP contribution in [0.25, 0.3) is 22.5 Å². The number of hydrogen-bond donors (Lipinski definition) is 1. The molecule has 0 amide bonds. The minimum Gasteiger partial charge on any atom is -0.395 e. The first-order valence-electron chi connectivity index (χ1n) is 6.40. The second-order valence-corrected chi connectivity index (χ2v) is 4.50. The van der Waals surface area contributed by atoms with E-state index >= 15 is 0 Å². The number of benzene rings is 1. The van der Waals surface area contributed by atoms with Crippen LogP contribution in [0.1, 0.15) is 5.69 Å². The minimum atomic E-state index is -0.353. The van der Waals surface area contributed by atoms with E-state index in [-0.39, 0.29) is 22.8 Å². The molecule has 3 rings (SSSR count). The van der Waals surface area contributed by atoms with Crippen LogP contribution < -0.4 is 5.73 Å². The van der Waals surface area contributed by atoms with Crippen LogP contribution in [0, 0.1) is 28.5 Å². The number of halogens is 1. The molecule has 2 N–H and O–H groups in total. The Morgan fingerprint density at radius 2 is 1.78 bits per heavy atom. The van der Waals surface area contributed by atoms with Crippen LogP contribution in [0.4, 0.5) is 4.39 Å². The molecule has 23 heavy (non-hydrogen) atoms. The Bertz CT molecular complexity index is 987. The molecule has 0 radical (unpaired) electrons. The summed E-state index contributed by atoms with van der Waals surface area (Å²) in [4.78, 5) is 12.4. The van der Waals surface area contributed by atoms with Gasteiger partial charge in [-0.2, -0.15) is 10.5 Å². The maximum absolute atomic E-state index is 13.0. The molecule has 0 aliphatic heterocycles. The van der Waals surface area contributed by atoms with Crippen molar-refractivity contribution in [1.29, 1.82) is 10.5 Å². The Kier molecular flexibility index (Phi) is 3.41. The van der Waals surface area contributed by atoms with Gasteiger partial charge in [-0.25, -0.2) is 19.3 Å². The van der Waals surface area contributed by atoms with Crippen LogP contribution in [0.2, 0.25) is 0 Å². The molecule has 0 spiro atoms. The molecule has 110 valence electrons. The van der Waals surface area contributed by atoms with Gasteiger partial charge in [0.2, 0.25) is 0 Å². The van der Waals surface area contributed by atoms with Gasteiger partial charge in [0.15, 0.2) is 11.2 Å². The van der Waals surface area contributed by atoms with E-state index in [9.17, 15) is 4.39 Å². The molecule has 0 fully saturated rings. The molecule has 0 atom stereocenters. The van der Waals surface area contributed by atoms with Crippen LogP contribution in [-0.4, -0.2) is 19.5 Å². The van der Waals surface area contributed by atoms with Crippen molar-refractivity contribution in [3.8, 4) is 17.8 Å². The van der Waals surface area contributed by atoms with Crippen LogP contribution in [0.3, 0.4) is 0 Å². The number of fused-ring (bicyclic) bond motifs is 1. The van der Waals surface area contributed by atoms with Crippen LogP contribution in [-0.2, 0) is 0 Å². The van der Waals surface area contributed by atoms with Gasteiger partial charge in [0, 0.05) is 5.69 Å². The molecule has 8 heteroatoms. The number of allylic oxidation sites excluding steroid dienone is 1. The molecule has 0 aliphatic carbocycles. The molecule has 2 aromatic heterocycles. The summed E-state index contributed by atoms with van der Waals surface area (Å²) in [5.41, 5.74) is 7.16. The molecule has 0 saturated carbocycles. The van der Waals surface area contributed by atoms with Gasteiger partial charge in [0.05, 0.1) is 5.70 Å². The lowest BCUT2D eigenvalue weighted by Crippen LogP contribution is -2.04. The zero-order valence-electron chi connectivity index (χ0n) is 11.6. The van der Waals surface area contributed by atoms with Gasteiger partial charge < -0.3 is 5.73 Å². The van der Waals surface area contributed by atoms with E-state index in [1.807, 2.05) is 0 Å². The van der Waals surface area contributed by atoms with Crippen molar-refractivity contribution in [2.24, 2.45) is 5.73 Å². The topological polar surface area (TPSA) is 117 Å². The van der Waals surface area contributed by atoms with E-state index in [0.717, 1.165) is 0 Å². The van der Waals surface area contributed by atoms with E-state index in [1.54, 1.807) is 28.8 Å². The molecule has 0 unspecified atom stereocenters. The van der Waals surface area contributed by atoms with Gasteiger partial charge in [-0.3, -0.25) is 4.57 Å². The van der Waals surface area contributed by atoms with Crippen LogP contribution in [0.5, 0.6) is 0 Å². The fourth-order valence-electron chi connectivity index (χ4n) is 2.09. The fourth-order valence-corrected chi connectivity index (χ4v) is 2.09. The Hall–Kier alpha value is -3.78. The molecule has 0 saturated heterocycles. The summed E-state index contributed by atoms with van der Waals surface area (Å²) in [6.07, 6.45) is 2.75. The third-order valence-corrected chi connectivity index (χ3v) is 3.19. The predicted molar refractivity (Wildman–Crippen MR) is 79.0 cm³/mol. The van der Waals surface area contributed by atoms with E-state index < -0.39 is 0 Å². The summed E-state index contributed by atoms with van der Waals surface area (Å²) in [6.45, 7) is 0. The van der Waals surface area contributed by atoms with Crippen molar-refractivity contribution in [3.05, 3.63) is 54.0 Å². The Balaban J connectivity index is 2.23. The number of imidazole rings is 1. The molecule has 7 nitrogen and oxygen atoms in total. The molecule has 0 aliphatic rings. The minimum absolute atomic E-state index is 0.0632. The smallest absolute Gasteiger partial charge is 0.168 e. The van der Waals surface area contributed by atoms with Crippen molar-refractivity contribution in [2.45, 2.75) is 0 Å². The largest absolute Gasteiger partial charge is 0.395 e. The molecule has 1 aromatic carbocycles. The molecule has 0 bridgehead atoms. The second kappa shape index (κ2) is 5.54. The molecule has 2 heterocycles. The highest BCUT2D eigenvalue weighted by Crippen LogP contribution is 2.22. The van der Waals surface area contributed by atoms with Gasteiger partial charge in [-0.15, -0.1) is 0 Å². The second-order valence-electron chi connectivity index (χ2n) is 4.50. The van der Waals surface area contributed by atoms with Gasteiger partial charge in [0.1, 0.15) is 41.8 Å². The lowest BCUT2D eigenvalue weighted by molar-refractivity contribution is 0.627. The number of rotatable bonds is 2. The quantitative estimate of drug-likeness (QED) is 0.720. The van der Waals surface area contributed by atoms with Crippen LogP contribution in [0.15, 0.2) is 42.5 Å². The summed E-state index contributed by atoms with van der Waals surface area (Å²) in [5.74, 6) is -0.353. The Morgan fingerprint density at radius 1 is 1.09 bits per heavy atom. The average Bonchev–Trinajstić information content (AvgIpc) is 3.00. The number of nitriles is 2. The first-order chi connectivity index (χ1) is 11.2. The summed E-state index contributed by atoms with van der Waals surface area (Å²) in [5, 5.41) is 17.8. The van der Waals surface area contributed by atoms with Gasteiger partial charge >= 0.3 is 0 Å². The summed E-state index contributed by atoms with van der Waals surface area (Å²) >= 11 is 0. The van der Waals surface area contributed by atoms with Gasteiger partial charge in [0.25, 0.3) is 0 Å². The predicted octanol–water partition coefficient (Wildman–Crippen LogP) is 1.67. The van der Waals surface area contributed by atoms with Gasteiger partial charge in [-0.1, -0.05) is 0 Å². The molecular formula is C15H8FN7. The highest BCUT2D eigenvalue weighted by atomic mass is 19.1. The number of aromatic nitrogens is 4. The number of hydrogen-bond acceptors (Lipinski definition) is 6. The summed E-state index contributed by atoms with van der Waals surface area (Å²) in [6, 6.07) is 9.23. The van der Waals surface area contributed by atoms with Crippen molar-refractivity contribution in [2.75, 3.05) is 0 Å². The Labute approximate surface area is 129 Å². The van der Waals surface area contributed by atoms with Crippen molar-refractivity contribution < 1.29 is 4.39 Å². The highest BCUT2D eigenvalue weighted by Gasteiger charge is 2.15. The Morgan fingerprint density at radius 3 is 2.43 bits per heavy atom. The zero-order valence-corrected chi connectivity index (χ0v) is 11.6. The van der Waals surface area contributed by atoms with Crippen LogP contribution >= 0.6 is 0 Å². The normalized spacial score (nSPS) is 10.0. The monoisotopic (exact) mass is 305 g/mol. The van der Waals surface area contributed by atoms with E-state index in [4.69, 9.17) is 16.3 Å². The fraction of sp³-hybridized carbons (Fsp3) is 0. The van der Waals surface area contributed by atoms with E-state index in [1.165, 1.54) is 24.8 Å². The summed E-state index contributed by atoms with van der Waals surface area (Å²) < 4.78 is 14.7. The average molecular weight is 305 g/mol. The van der Waals surface area contributed by atoms with Crippen molar-refractivity contribution in [1.82, 2.24) is 19.5 Å². The maximum Gasteiger partial charge on any atom is 0.168 e. The van der Waals surface area contributed by atoms with Crippen molar-refractivity contribution in [3.63, 3.8) is 0 Å². The summed E-state index contributed by atoms with van der Waals surface area (Å²) in [7, 11) is 0. The molecule has 3 aromatic rings. The zero-order chi connectivity index (χ0) is 16.4. The van der Waals surface area contributed by atoms with Gasteiger partial charge in [-0.05, 0) is 24.3 Å². The standard InChI is InChI=1S/C15H8FN7/c16-10-1-3-11(4-2-10)23-8-22-14-13(20-7-21-15(14)23)12(19)9(5-17)6-18/h1-4,7-8H,19H2.